The van der Waals surface area contributed by atoms with E-state index in [1.807, 2.05) is 18.2 Å². The molecule has 13 nitrogen and oxygen atoms in total. The van der Waals surface area contributed by atoms with Crippen LogP contribution in [0.1, 0.15) is 0 Å². The van der Waals surface area contributed by atoms with Crippen molar-refractivity contribution in [2.75, 3.05) is 45.3 Å². The van der Waals surface area contributed by atoms with Gasteiger partial charge in [0.2, 0.25) is 5.95 Å². The number of alkyl halides is 3. The Kier molecular flexibility index (Phi) is 8.45. The summed E-state index contributed by atoms with van der Waals surface area (Å²) in [4.78, 5) is 53.8. The Balaban J connectivity index is 0.000000505. The number of nitrogens with zero attached hydrogens (tertiary/aromatic N) is 5. The van der Waals surface area contributed by atoms with Gasteiger partial charge in [0.05, 0.1) is 19.9 Å². The largest absolute Gasteiger partial charge is 0.495 e. The van der Waals surface area contributed by atoms with Gasteiger partial charge in [-0.25, -0.2) is 14.2 Å². The number of carboxylic acids is 1. The molecule has 3 aromatic rings. The summed E-state index contributed by atoms with van der Waals surface area (Å²) < 4.78 is 45.8. The van der Waals surface area contributed by atoms with Crippen LogP contribution in [0.15, 0.2) is 33.9 Å². The zero-order valence-corrected chi connectivity index (χ0v) is 20.6. The number of ether oxygens (including phenoxy) is 2. The number of halogens is 3. The van der Waals surface area contributed by atoms with E-state index in [1.165, 1.54) is 18.7 Å². The lowest BCUT2D eigenvalue weighted by Crippen LogP contribution is -2.44. The Hall–Kier alpha value is -4.34. The maximum Gasteiger partial charge on any atom is 0.490 e. The first-order valence-electron chi connectivity index (χ1n) is 11.1. The number of rotatable bonds is 5. The number of hydrogen-bond donors (Lipinski definition) is 2. The number of nitrogens with one attached hydrogen (secondary N) is 1. The number of esters is 1. The van der Waals surface area contributed by atoms with Gasteiger partial charge in [-0.1, -0.05) is 12.1 Å². The van der Waals surface area contributed by atoms with Crippen molar-refractivity contribution >= 4 is 29.1 Å². The summed E-state index contributed by atoms with van der Waals surface area (Å²) in [6, 6.07) is 7.27. The first-order chi connectivity index (χ1) is 17.9. The number of aromatic nitrogens is 4. The number of aliphatic carboxylic acids is 1. The van der Waals surface area contributed by atoms with E-state index in [9.17, 15) is 27.6 Å². The van der Waals surface area contributed by atoms with Gasteiger partial charge in [-0.3, -0.25) is 18.7 Å². The number of benzene rings is 1. The summed E-state index contributed by atoms with van der Waals surface area (Å²) in [6.07, 6.45) is -5.08. The van der Waals surface area contributed by atoms with Crippen LogP contribution < -0.4 is 26.2 Å². The lowest BCUT2D eigenvalue weighted by Gasteiger charge is -2.29. The number of fused-ring (bicyclic) bond motifs is 1. The summed E-state index contributed by atoms with van der Waals surface area (Å²) in [7, 11) is 4.28. The van der Waals surface area contributed by atoms with E-state index in [1.54, 1.807) is 17.7 Å². The molecule has 0 atom stereocenters. The van der Waals surface area contributed by atoms with Crippen LogP contribution in [0.3, 0.4) is 0 Å². The Morgan fingerprint density at radius 1 is 1.13 bits per heavy atom. The van der Waals surface area contributed by atoms with E-state index >= 15 is 0 Å². The van der Waals surface area contributed by atoms with Crippen molar-refractivity contribution in [3.05, 3.63) is 45.1 Å². The third-order valence-electron chi connectivity index (χ3n) is 5.61. The highest BCUT2D eigenvalue weighted by atomic mass is 19.4. The van der Waals surface area contributed by atoms with Gasteiger partial charge in [-0.15, -0.1) is 0 Å². The highest BCUT2D eigenvalue weighted by molar-refractivity contribution is 5.79. The number of carboxylic acid groups (broad SMARTS) is 1. The minimum atomic E-state index is -5.08. The first-order valence-corrected chi connectivity index (χ1v) is 11.1. The third-order valence-corrected chi connectivity index (χ3v) is 5.61. The fourth-order valence-electron chi connectivity index (χ4n) is 3.76. The zero-order valence-electron chi connectivity index (χ0n) is 20.6. The van der Waals surface area contributed by atoms with E-state index in [4.69, 9.17) is 14.6 Å². The number of carbonyl (C=O) groups excluding carboxylic acids is 1. The predicted octanol–water partition coefficient (Wildman–Crippen LogP) is 0.110. The summed E-state index contributed by atoms with van der Waals surface area (Å²) in [5.74, 6) is -2.37. The van der Waals surface area contributed by atoms with Crippen LogP contribution in [0.25, 0.3) is 16.9 Å². The van der Waals surface area contributed by atoms with Gasteiger partial charge >= 0.3 is 23.8 Å². The normalized spacial score (nSPS) is 13.6. The molecule has 1 aromatic carbocycles. The van der Waals surface area contributed by atoms with E-state index < -0.39 is 35.9 Å². The second-order valence-electron chi connectivity index (χ2n) is 7.94. The van der Waals surface area contributed by atoms with E-state index in [2.05, 4.69) is 19.9 Å². The molecule has 0 unspecified atom stereocenters. The first kappa shape index (κ1) is 28.2. The molecule has 2 aromatic heterocycles. The SMILES string of the molecule is COC(=O)Cn1c(=O)c2c(nc(N3CCNCC3)n2-c2ccccc2OC)n(C)c1=O.O=C(O)C(F)(F)F. The van der Waals surface area contributed by atoms with Crippen LogP contribution in [0, 0.1) is 0 Å². The molecular weight excluding hydrogens is 517 g/mol. The molecule has 38 heavy (non-hydrogen) atoms. The number of imidazole rings is 1. The Morgan fingerprint density at radius 3 is 2.29 bits per heavy atom. The molecular formula is C22H25F3N6O7. The lowest BCUT2D eigenvalue weighted by molar-refractivity contribution is -0.192. The number of anilines is 1. The predicted molar refractivity (Wildman–Crippen MR) is 128 cm³/mol. The van der Waals surface area contributed by atoms with Crippen LogP contribution in [0.4, 0.5) is 19.1 Å². The van der Waals surface area contributed by atoms with Crippen molar-refractivity contribution in [1.29, 1.82) is 0 Å². The van der Waals surface area contributed by atoms with Gasteiger partial charge in [0.15, 0.2) is 11.2 Å². The van der Waals surface area contributed by atoms with Gasteiger partial charge < -0.3 is 24.8 Å². The van der Waals surface area contributed by atoms with Crippen LogP contribution >= 0.6 is 0 Å². The van der Waals surface area contributed by atoms with Crippen LogP contribution in [0.2, 0.25) is 0 Å². The molecule has 0 bridgehead atoms. The topological polar surface area (TPSA) is 150 Å². The van der Waals surface area contributed by atoms with Crippen molar-refractivity contribution in [2.45, 2.75) is 12.7 Å². The van der Waals surface area contributed by atoms with Crippen molar-refractivity contribution in [3.8, 4) is 11.4 Å². The minimum Gasteiger partial charge on any atom is -0.495 e. The molecule has 1 aliphatic heterocycles. The lowest BCUT2D eigenvalue weighted by atomic mass is 10.2. The van der Waals surface area contributed by atoms with Gasteiger partial charge in [0.25, 0.3) is 5.56 Å². The quantitative estimate of drug-likeness (QED) is 0.426. The number of carbonyl (C=O) groups is 2. The third kappa shape index (κ3) is 5.64. The highest BCUT2D eigenvalue weighted by Crippen LogP contribution is 2.30. The molecule has 1 fully saturated rings. The van der Waals surface area contributed by atoms with Crippen LogP contribution in [-0.2, 0) is 27.9 Å². The molecule has 0 amide bonds. The van der Waals surface area contributed by atoms with Gasteiger partial charge in [0, 0.05) is 33.2 Å². The van der Waals surface area contributed by atoms with Crippen molar-refractivity contribution in [1.82, 2.24) is 24.0 Å². The summed E-state index contributed by atoms with van der Waals surface area (Å²) in [5.41, 5.74) is -0.233. The van der Waals surface area contributed by atoms with E-state index in [0.29, 0.717) is 30.5 Å². The second-order valence-corrected chi connectivity index (χ2v) is 7.94. The number of piperazine rings is 1. The minimum absolute atomic E-state index is 0.184. The molecule has 206 valence electrons. The highest BCUT2D eigenvalue weighted by Gasteiger charge is 2.38. The van der Waals surface area contributed by atoms with E-state index in [-0.39, 0.29) is 11.2 Å². The number of para-hydroxylation sites is 2. The Morgan fingerprint density at radius 2 is 1.74 bits per heavy atom. The van der Waals surface area contributed by atoms with Gasteiger partial charge in [-0.05, 0) is 12.1 Å². The number of aryl methyl sites for hydroxylation is 1. The zero-order chi connectivity index (χ0) is 28.2. The number of hydrogen-bond acceptors (Lipinski definition) is 9. The van der Waals surface area contributed by atoms with E-state index in [0.717, 1.165) is 17.7 Å². The standard InChI is InChI=1S/C20H24N6O5.C2HF3O2/c1-23-17-16(18(28)25(20(23)29)12-15(27)31-3)26(13-6-4-5-7-14(13)30-2)19(22-17)24-10-8-21-9-11-24;3-2(4,5)1(6)7/h4-7,21H,8-12H2,1-3H3;(H,6,7). The van der Waals surface area contributed by atoms with Gasteiger partial charge in [0.1, 0.15) is 12.3 Å². The average Bonchev–Trinajstić information content (AvgIpc) is 3.30. The smallest absolute Gasteiger partial charge is 0.490 e. The molecule has 0 aliphatic carbocycles. The van der Waals surface area contributed by atoms with Crippen LogP contribution in [0.5, 0.6) is 5.75 Å². The molecule has 1 saturated heterocycles. The van der Waals surface area contributed by atoms with Crippen molar-refractivity contribution < 1.29 is 37.3 Å². The number of methoxy groups -OCH3 is 2. The Bertz CT molecular complexity index is 1450. The summed E-state index contributed by atoms with van der Waals surface area (Å²) >= 11 is 0. The summed E-state index contributed by atoms with van der Waals surface area (Å²) in [6.45, 7) is 2.41. The molecule has 2 N–H and O–H groups in total. The van der Waals surface area contributed by atoms with Crippen molar-refractivity contribution in [2.24, 2.45) is 7.05 Å². The molecule has 1 aliphatic rings. The monoisotopic (exact) mass is 542 g/mol. The average molecular weight is 542 g/mol. The molecule has 0 spiro atoms. The molecule has 4 rings (SSSR count). The van der Waals surface area contributed by atoms with Crippen LogP contribution in [-0.4, -0.2) is 82.3 Å². The second kappa shape index (κ2) is 11.4. The summed E-state index contributed by atoms with van der Waals surface area (Å²) in [5, 5.41) is 10.4. The maximum absolute atomic E-state index is 13.5. The molecule has 0 radical (unpaired) electrons. The molecule has 16 heteroatoms. The fourth-order valence-corrected chi connectivity index (χ4v) is 3.76. The molecule has 0 saturated carbocycles. The van der Waals surface area contributed by atoms with Crippen molar-refractivity contribution in [3.63, 3.8) is 0 Å². The van der Waals surface area contributed by atoms with Gasteiger partial charge in [-0.2, -0.15) is 18.2 Å². The Labute approximate surface area is 212 Å². The fraction of sp³-hybridized carbons (Fsp3) is 0.409. The maximum atomic E-state index is 13.5. The molecule has 3 heterocycles.